The summed E-state index contributed by atoms with van der Waals surface area (Å²) in [6.45, 7) is 9.11. The Kier molecular flexibility index (Phi) is 7.06. The summed E-state index contributed by atoms with van der Waals surface area (Å²) in [4.78, 5) is 6.80. The molecular formula is C19H32N4O. The number of benzene rings is 1. The van der Waals surface area contributed by atoms with Crippen LogP contribution >= 0.6 is 0 Å². The lowest BCUT2D eigenvalue weighted by Gasteiger charge is -2.28. The van der Waals surface area contributed by atoms with Crippen LogP contribution in [0.15, 0.2) is 29.3 Å². The largest absolute Gasteiger partial charge is 0.377 e. The Bertz CT molecular complexity index is 542. The fraction of sp³-hybridized carbons (Fsp3) is 0.632. The maximum atomic E-state index is 5.41. The molecule has 1 heterocycles. The predicted molar refractivity (Wildman–Crippen MR) is 100 cm³/mol. The van der Waals surface area contributed by atoms with Crippen LogP contribution in [0.4, 0.5) is 0 Å². The third kappa shape index (κ3) is 5.80. The van der Waals surface area contributed by atoms with Crippen molar-refractivity contribution >= 4 is 5.96 Å². The summed E-state index contributed by atoms with van der Waals surface area (Å²) in [5.74, 6) is 0.837. The van der Waals surface area contributed by atoms with Gasteiger partial charge in [0, 0.05) is 46.9 Å². The van der Waals surface area contributed by atoms with Crippen LogP contribution in [-0.2, 0) is 17.7 Å². The Morgan fingerprint density at radius 1 is 1.25 bits per heavy atom. The molecule has 1 aromatic rings. The molecular weight excluding hydrogens is 300 g/mol. The predicted octanol–water partition coefficient (Wildman–Crippen LogP) is 2.02. The minimum Gasteiger partial charge on any atom is -0.377 e. The third-order valence-corrected chi connectivity index (χ3v) is 4.61. The second-order valence-corrected chi connectivity index (χ2v) is 6.96. The number of rotatable bonds is 7. The van der Waals surface area contributed by atoms with Crippen LogP contribution in [0.2, 0.25) is 0 Å². The summed E-state index contributed by atoms with van der Waals surface area (Å²) in [6.07, 6.45) is 2.27. The van der Waals surface area contributed by atoms with Crippen molar-refractivity contribution < 1.29 is 4.74 Å². The average Bonchev–Trinajstić information content (AvgIpc) is 2.61. The van der Waals surface area contributed by atoms with Gasteiger partial charge >= 0.3 is 0 Å². The van der Waals surface area contributed by atoms with Gasteiger partial charge < -0.3 is 15.4 Å². The van der Waals surface area contributed by atoms with Crippen molar-refractivity contribution in [2.45, 2.75) is 38.8 Å². The molecule has 134 valence electrons. The van der Waals surface area contributed by atoms with Crippen molar-refractivity contribution in [3.05, 3.63) is 35.4 Å². The standard InChI is InChI=1S/C19H32N4O/c1-19(2,24-4)15-22-18(20-3)21-11-7-12-23-13-10-16-8-5-6-9-17(16)14-23/h5-6,8-9H,7,10-15H2,1-4H3,(H2,20,21,22). The Morgan fingerprint density at radius 2 is 2.00 bits per heavy atom. The van der Waals surface area contributed by atoms with Gasteiger partial charge in [-0.15, -0.1) is 0 Å². The van der Waals surface area contributed by atoms with Gasteiger partial charge in [-0.3, -0.25) is 9.89 Å². The van der Waals surface area contributed by atoms with E-state index in [0.717, 1.165) is 45.1 Å². The van der Waals surface area contributed by atoms with Gasteiger partial charge in [0.25, 0.3) is 0 Å². The molecule has 0 aliphatic carbocycles. The molecule has 0 radical (unpaired) electrons. The summed E-state index contributed by atoms with van der Waals surface area (Å²) < 4.78 is 5.41. The number of aliphatic imine (C=N–C) groups is 1. The summed E-state index contributed by atoms with van der Waals surface area (Å²) in [6, 6.07) is 8.79. The second-order valence-electron chi connectivity index (χ2n) is 6.96. The van der Waals surface area contributed by atoms with Crippen LogP contribution in [0, 0.1) is 0 Å². The number of methoxy groups -OCH3 is 1. The molecule has 0 amide bonds. The van der Waals surface area contributed by atoms with Crippen LogP contribution < -0.4 is 10.6 Å². The van der Waals surface area contributed by atoms with Gasteiger partial charge in [-0.2, -0.15) is 0 Å². The number of ether oxygens (including phenoxy) is 1. The SMILES string of the molecule is CN=C(NCCCN1CCc2ccccc2C1)NCC(C)(C)OC. The number of hydrogen-bond acceptors (Lipinski definition) is 3. The first-order chi connectivity index (χ1) is 11.5. The van der Waals surface area contributed by atoms with Gasteiger partial charge in [0.1, 0.15) is 0 Å². The summed E-state index contributed by atoms with van der Waals surface area (Å²) >= 11 is 0. The van der Waals surface area contributed by atoms with Crippen molar-refractivity contribution in [1.82, 2.24) is 15.5 Å². The van der Waals surface area contributed by atoms with E-state index in [1.165, 1.54) is 17.5 Å². The smallest absolute Gasteiger partial charge is 0.191 e. The summed E-state index contributed by atoms with van der Waals surface area (Å²) in [5.41, 5.74) is 2.80. The van der Waals surface area contributed by atoms with Crippen molar-refractivity contribution in [2.24, 2.45) is 4.99 Å². The van der Waals surface area contributed by atoms with Crippen molar-refractivity contribution in [1.29, 1.82) is 0 Å². The van der Waals surface area contributed by atoms with Gasteiger partial charge in [0.15, 0.2) is 5.96 Å². The minimum absolute atomic E-state index is 0.196. The molecule has 0 spiro atoms. The zero-order valence-corrected chi connectivity index (χ0v) is 15.6. The topological polar surface area (TPSA) is 48.9 Å². The molecule has 0 bridgehead atoms. The monoisotopic (exact) mass is 332 g/mol. The molecule has 0 unspecified atom stereocenters. The van der Waals surface area contributed by atoms with Crippen LogP contribution in [0.5, 0.6) is 0 Å². The molecule has 0 saturated carbocycles. The first kappa shape index (κ1) is 18.7. The third-order valence-electron chi connectivity index (χ3n) is 4.61. The van der Waals surface area contributed by atoms with Crippen molar-refractivity contribution in [3.63, 3.8) is 0 Å². The lowest BCUT2D eigenvalue weighted by atomic mass is 10.00. The normalized spacial score (nSPS) is 15.9. The maximum Gasteiger partial charge on any atom is 0.191 e. The number of hydrogen-bond donors (Lipinski definition) is 2. The van der Waals surface area contributed by atoms with Gasteiger partial charge in [0.2, 0.25) is 0 Å². The van der Waals surface area contributed by atoms with Gasteiger partial charge in [-0.1, -0.05) is 24.3 Å². The number of nitrogens with zero attached hydrogens (tertiary/aromatic N) is 2. The molecule has 0 aromatic heterocycles. The number of nitrogens with one attached hydrogen (secondary N) is 2. The fourth-order valence-electron chi connectivity index (χ4n) is 2.84. The molecule has 5 heteroatoms. The lowest BCUT2D eigenvalue weighted by Crippen LogP contribution is -2.45. The first-order valence-corrected chi connectivity index (χ1v) is 8.83. The molecule has 1 aromatic carbocycles. The molecule has 0 saturated heterocycles. The summed E-state index contributed by atoms with van der Waals surface area (Å²) in [5, 5.41) is 6.69. The van der Waals surface area contributed by atoms with Crippen LogP contribution in [0.25, 0.3) is 0 Å². The van der Waals surface area contributed by atoms with Gasteiger partial charge in [0.05, 0.1) is 5.60 Å². The first-order valence-electron chi connectivity index (χ1n) is 8.83. The fourth-order valence-corrected chi connectivity index (χ4v) is 2.84. The van der Waals surface area contributed by atoms with E-state index < -0.39 is 0 Å². The van der Waals surface area contributed by atoms with Crippen molar-refractivity contribution in [3.8, 4) is 0 Å². The average molecular weight is 332 g/mol. The molecule has 2 rings (SSSR count). The maximum absolute atomic E-state index is 5.41. The Hall–Kier alpha value is -1.59. The van der Waals surface area contributed by atoms with E-state index in [0.29, 0.717) is 0 Å². The van der Waals surface area contributed by atoms with Crippen LogP contribution in [0.3, 0.4) is 0 Å². The van der Waals surface area contributed by atoms with E-state index in [2.05, 4.69) is 58.6 Å². The quantitative estimate of drug-likeness (QED) is 0.456. The zero-order chi connectivity index (χ0) is 17.4. The molecule has 1 aliphatic rings. The van der Waals surface area contributed by atoms with E-state index in [-0.39, 0.29) is 5.60 Å². The summed E-state index contributed by atoms with van der Waals surface area (Å²) in [7, 11) is 3.53. The highest BCUT2D eigenvalue weighted by Gasteiger charge is 2.17. The highest BCUT2D eigenvalue weighted by Crippen LogP contribution is 2.18. The Labute approximate surface area is 146 Å². The molecule has 0 fully saturated rings. The van der Waals surface area contributed by atoms with E-state index in [9.17, 15) is 0 Å². The van der Waals surface area contributed by atoms with E-state index in [1.54, 1.807) is 14.2 Å². The molecule has 0 atom stereocenters. The highest BCUT2D eigenvalue weighted by molar-refractivity contribution is 5.79. The Balaban J connectivity index is 1.66. The molecule has 2 N–H and O–H groups in total. The molecule has 24 heavy (non-hydrogen) atoms. The van der Waals surface area contributed by atoms with Gasteiger partial charge in [-0.05, 0) is 37.8 Å². The highest BCUT2D eigenvalue weighted by atomic mass is 16.5. The van der Waals surface area contributed by atoms with Crippen molar-refractivity contribution in [2.75, 3.05) is 40.3 Å². The minimum atomic E-state index is -0.196. The van der Waals surface area contributed by atoms with E-state index in [4.69, 9.17) is 4.74 Å². The number of fused-ring (bicyclic) bond motifs is 1. The zero-order valence-electron chi connectivity index (χ0n) is 15.6. The van der Waals surface area contributed by atoms with Crippen LogP contribution in [0.1, 0.15) is 31.4 Å². The van der Waals surface area contributed by atoms with Gasteiger partial charge in [-0.25, -0.2) is 0 Å². The van der Waals surface area contributed by atoms with Crippen LogP contribution in [-0.4, -0.2) is 56.8 Å². The molecule has 1 aliphatic heterocycles. The molecule has 5 nitrogen and oxygen atoms in total. The van der Waals surface area contributed by atoms with E-state index >= 15 is 0 Å². The lowest BCUT2D eigenvalue weighted by molar-refractivity contribution is 0.0268. The Morgan fingerprint density at radius 3 is 2.71 bits per heavy atom. The van der Waals surface area contributed by atoms with E-state index in [1.807, 2.05) is 0 Å². The number of guanidine groups is 1. The second kappa shape index (κ2) is 9.04.